The number of nitrogens with two attached hydrogens (primary N) is 6. The van der Waals surface area contributed by atoms with Crippen LogP contribution >= 0.6 is 53.7 Å². The predicted molar refractivity (Wildman–Crippen MR) is 467 cm³/mol. The van der Waals surface area contributed by atoms with Gasteiger partial charge in [0.05, 0.1) is 107 Å². The van der Waals surface area contributed by atoms with Gasteiger partial charge in [-0.1, -0.05) is 12.2 Å². The lowest BCUT2D eigenvalue weighted by atomic mass is 10.0. The van der Waals surface area contributed by atoms with Gasteiger partial charge in [0.15, 0.2) is 112 Å². The van der Waals surface area contributed by atoms with E-state index in [-0.39, 0.29) is 82.3 Å². The first-order valence-electron chi connectivity index (χ1n) is 39.5. The maximum absolute atomic E-state index is 16.0. The number of rotatable bonds is 6. The van der Waals surface area contributed by atoms with E-state index in [9.17, 15) is 48.0 Å². The minimum absolute atomic E-state index is 0.0214. The summed E-state index contributed by atoms with van der Waals surface area (Å²) in [7, 11) is -4.98. The Morgan fingerprint density at radius 2 is 0.763 bits per heavy atom. The van der Waals surface area contributed by atoms with E-state index in [4.69, 9.17) is 169 Å². The summed E-state index contributed by atoms with van der Waals surface area (Å²) in [6.45, 7) is -25.1. The minimum atomic E-state index is -4.98. The first kappa shape index (κ1) is 94.5. The van der Waals surface area contributed by atoms with Crippen molar-refractivity contribution in [3.05, 3.63) is 106 Å². The number of ether oxygens (including phenoxy) is 7. The van der Waals surface area contributed by atoms with Gasteiger partial charge in [-0.05, 0) is 65.4 Å². The zero-order valence-corrected chi connectivity index (χ0v) is 77.1. The van der Waals surface area contributed by atoms with Crippen LogP contribution in [0.15, 0.2) is 89.1 Å². The fourth-order valence-electron chi connectivity index (χ4n) is 16.7. The molecule has 10 fully saturated rings. The van der Waals surface area contributed by atoms with E-state index in [2.05, 4.69) is 87.0 Å². The van der Waals surface area contributed by atoms with Gasteiger partial charge in [-0.15, -0.1) is 0 Å². The summed E-state index contributed by atoms with van der Waals surface area (Å²) < 4.78 is 207. The summed E-state index contributed by atoms with van der Waals surface area (Å²) in [5, 5.41) is 0. The number of imidazole rings is 6. The highest BCUT2D eigenvalue weighted by molar-refractivity contribution is 8.44. The highest BCUT2D eigenvalue weighted by atomic mass is 32.7. The molecule has 29 atom stereocenters. The van der Waals surface area contributed by atoms with Crippen molar-refractivity contribution in [3.8, 4) is 0 Å². The highest BCUT2D eigenvalue weighted by Gasteiger charge is 2.67. The maximum Gasteiger partial charge on any atom is 0.472 e. The lowest BCUT2D eigenvalue weighted by Crippen LogP contribution is -2.45. The number of aromatic nitrogens is 21. The average molecular weight is 2100 g/mol. The van der Waals surface area contributed by atoms with Crippen LogP contribution in [0.4, 0.5) is 52.5 Å². The van der Waals surface area contributed by atoms with E-state index < -0.39 is 232 Å². The number of thiol groups is 1. The molecule has 10 aliphatic heterocycles. The standard InChI is InChI=1S/C22H24FN9O11P2S.C21H23F2N9O9P2S2.C21H24FN9O9P2S2/c23-10-9-3-38-44(34,35)43-15-14-20(31-6-27-11-8(24)1-2-26-16(11)31)41-22(15,4-37-14)5-39-45(36,46)42-13(10)19(40-9)32-7-28-12-17(32)29-21(25)30-18(12)33;22-10-8-3-36-42(34,44)40-14-9(39-19(11(14)23)31-5-27-12-7(24)1-2-26-16(12)31)4-37-43(35,45)41-15(10)20(38-8)32-6-28-13-17(32)29-21(25)30-18(13)33;22-12-15-11(38-20(12)30-6-26-13-9(23)1-2-25-16(13)30)5-36-41(33,43)39-10-3-8(4-35-42(34,44)40-15)37-19(10)31-7-27-14-17(31)28-21(24)29-18(14)32/h1-2,6-7,9-10,13-15,19-20H,3-5H2,(H2,24,26)(H,34,35)(H,36,46)(H3,25,29,30,33);1-2,5-6,8-11,14-15,19-20H,3-4H2,(H2,24,26)(H,34,44)(H,35,45)(H3,25,29,30,33);1-2,6-8,10-12,15,19-20H,3-5H2,(H2,23,25)(H,33,43)(H,34,44)(H3,24,28,29,32)/t9-,10-,13-,14-,15+,19-,20-,22-,45?;8-,9-,10+,11+,14-,15-,19-,20-,42?,43?;8-,10?,11+,12?,15?,19+,20+,41?,42?/m110/s1. The maximum atomic E-state index is 16.0. The molecule has 71 heteroatoms. The average Bonchev–Trinajstić information content (AvgIpc) is 1.55. The summed E-state index contributed by atoms with van der Waals surface area (Å²) in [5.41, 5.74) is 33.8. The summed E-state index contributed by atoms with van der Waals surface area (Å²) in [5.74, 6) is -0.675. The van der Waals surface area contributed by atoms with Gasteiger partial charge in [0.25, 0.3) is 16.7 Å². The van der Waals surface area contributed by atoms with Crippen LogP contribution in [0.2, 0.25) is 0 Å². The number of alkyl halides is 4. The van der Waals surface area contributed by atoms with Crippen molar-refractivity contribution in [2.24, 2.45) is 0 Å². The first-order valence-corrected chi connectivity index (χ1v) is 54.1. The summed E-state index contributed by atoms with van der Waals surface area (Å²) in [6, 6.07) is 4.63. The Balaban J connectivity index is 0.000000126. The number of fused-ring (bicyclic) bond motifs is 14. The number of H-pyrrole nitrogens is 3. The Morgan fingerprint density at radius 3 is 1.21 bits per heavy atom. The minimum Gasteiger partial charge on any atom is -0.397 e. The van der Waals surface area contributed by atoms with E-state index in [1.54, 1.807) is 12.1 Å². The number of anilines is 6. The monoisotopic (exact) mass is 2100 g/mol. The molecule has 56 nitrogen and oxygen atoms in total. The molecule has 0 spiro atoms. The largest absolute Gasteiger partial charge is 0.472 e. The number of phosphoric ester groups is 1. The Hall–Kier alpha value is -8.12. The van der Waals surface area contributed by atoms with Crippen molar-refractivity contribution in [1.82, 2.24) is 102 Å². The van der Waals surface area contributed by atoms with Gasteiger partial charge in [0, 0.05) is 25.0 Å². The van der Waals surface area contributed by atoms with Gasteiger partial charge in [-0.25, -0.2) is 71.5 Å². The van der Waals surface area contributed by atoms with Crippen molar-refractivity contribution < 1.29 is 139 Å². The predicted octanol–water partition coefficient (Wildman–Crippen LogP) is 1.54. The van der Waals surface area contributed by atoms with Gasteiger partial charge in [-0.3, -0.25) is 88.4 Å². The molecule has 10 aliphatic rings. The van der Waals surface area contributed by atoms with Gasteiger partial charge in [0.1, 0.15) is 89.3 Å². The molecule has 10 saturated heterocycles. The quantitative estimate of drug-likeness (QED) is 0.0638. The molecule has 20 N–H and O–H groups in total. The Bertz CT molecular complexity index is 7210. The fraction of sp³-hybridized carbons (Fsp3) is 0.484. The van der Waals surface area contributed by atoms with E-state index in [0.29, 0.717) is 39.3 Å². The molecular weight excluding hydrogens is 2030 g/mol. The van der Waals surface area contributed by atoms with Crippen molar-refractivity contribution >= 4 is 203 Å². The number of nitrogens with one attached hydrogen (secondary N) is 3. The number of nitrogens with zero attached hydrogens (tertiary/aromatic N) is 18. The lowest BCUT2D eigenvalue weighted by Gasteiger charge is -2.33. The molecule has 22 rings (SSSR count). The molecular formula is C64H71F4N27O29P6S5. The third kappa shape index (κ3) is 18.0. The molecule has 8 bridgehead atoms. The van der Waals surface area contributed by atoms with Gasteiger partial charge >= 0.3 is 41.5 Å². The molecule has 12 aromatic heterocycles. The van der Waals surface area contributed by atoms with Gasteiger partial charge in [-0.2, -0.15) is 15.0 Å². The number of halogens is 4. The third-order valence-electron chi connectivity index (χ3n) is 22.7. The van der Waals surface area contributed by atoms with Gasteiger partial charge in [0.2, 0.25) is 17.8 Å². The summed E-state index contributed by atoms with van der Waals surface area (Å²) in [6.07, 6.45) is -20.3. The van der Waals surface area contributed by atoms with E-state index >= 15 is 17.6 Å². The van der Waals surface area contributed by atoms with Crippen LogP contribution in [-0.2, 0) is 144 Å². The van der Waals surface area contributed by atoms with Crippen molar-refractivity contribution in [2.75, 3.05) is 80.7 Å². The first-order chi connectivity index (χ1) is 64.1. The second kappa shape index (κ2) is 35.6. The second-order valence-electron chi connectivity index (χ2n) is 31.3. The molecule has 12 aromatic rings. The number of aromatic amines is 3. The highest BCUT2D eigenvalue weighted by Crippen LogP contribution is 2.62. The normalized spacial score (nSPS) is 38.0. The molecule has 0 saturated carbocycles. The molecule has 0 radical (unpaired) electrons. The van der Waals surface area contributed by atoms with Crippen LogP contribution in [0.5, 0.6) is 0 Å². The molecule has 135 heavy (non-hydrogen) atoms. The number of nitrogen functional groups attached to an aromatic ring is 6. The summed E-state index contributed by atoms with van der Waals surface area (Å²) >= 11 is 24.9. The molecule has 0 aromatic carbocycles. The lowest BCUT2D eigenvalue weighted by molar-refractivity contribution is -0.183. The third-order valence-corrected chi connectivity index (χ3v) is 31.5. The number of hydrogen-bond donors (Lipinski definition) is 15. The van der Waals surface area contributed by atoms with E-state index in [0.717, 1.165) is 21.8 Å². The Morgan fingerprint density at radius 1 is 0.393 bits per heavy atom. The van der Waals surface area contributed by atoms with Crippen molar-refractivity contribution in [2.45, 2.75) is 147 Å². The van der Waals surface area contributed by atoms with Crippen LogP contribution in [0.25, 0.3) is 67.0 Å². The smallest absolute Gasteiger partial charge is 0.397 e. The molecule has 9 unspecified atom stereocenters. The van der Waals surface area contributed by atoms with E-state index in [1.807, 2.05) is 0 Å². The summed E-state index contributed by atoms with van der Waals surface area (Å²) in [4.78, 5) is 148. The van der Waals surface area contributed by atoms with Crippen LogP contribution in [0, 0.1) is 0 Å². The van der Waals surface area contributed by atoms with Crippen LogP contribution in [0.1, 0.15) is 43.8 Å². The molecule has 0 amide bonds. The van der Waals surface area contributed by atoms with Crippen LogP contribution in [0.3, 0.4) is 0 Å². The molecule has 22 heterocycles. The van der Waals surface area contributed by atoms with Crippen molar-refractivity contribution in [3.63, 3.8) is 0 Å². The number of phosphoric acid groups is 1. The topological polar surface area (TPSA) is 750 Å². The zero-order chi connectivity index (χ0) is 95.0. The molecule has 724 valence electrons. The van der Waals surface area contributed by atoms with Crippen LogP contribution in [-0.4, -0.2) is 276 Å². The molecule has 0 aliphatic carbocycles. The van der Waals surface area contributed by atoms with Crippen LogP contribution < -0.4 is 51.1 Å². The Kier molecular flexibility index (Phi) is 24.9. The SMILES string of the molecule is Nc1nc2c(ncn2[C@@H]2O[C@@H]3COP(=O)(O)O[C@H]4[C@H]5OC[C@]4(COP(O)(=S)O[C@@H]2[C@@H]3F)O[C@H]5n2cnc3c(N)ccnc32)c(=O)[nH]1.Nc1nc2c(ncn2[C@@H]2O[C@@H]3COP(=O)(S)OC4C(F)[C@H](n5cnc6c(N)ccnc65)O[C@@H]4COP(O)(=S)OC2C3)c(=O)[nH]1.Nc1nc2c(ncn2[C@@H]2O[C@@H]3COP(O)(=S)O[C@H]4[C@H](F)[C@H](n5cnc6c(N)ccnc65)O[C@@H]4COP(O)(=S)O[C@@H]2[C@H]3F)c(=O)[nH]1. The number of hydrogen-bond acceptors (Lipinski definition) is 46. The Labute approximate surface area is 773 Å². The number of pyridine rings is 3. The fourth-order valence-corrected chi connectivity index (χ4v) is 24.9. The van der Waals surface area contributed by atoms with Gasteiger partial charge < -0.3 is 115 Å². The zero-order valence-electron chi connectivity index (χ0n) is 67.6. The second-order valence-corrected chi connectivity index (χ2v) is 46.7. The van der Waals surface area contributed by atoms with Crippen molar-refractivity contribution in [1.29, 1.82) is 0 Å². The van der Waals surface area contributed by atoms with E-state index in [1.165, 1.54) is 68.2 Å².